The molecule has 9 atom stereocenters. The molecule has 172 valence electrons. The molecule has 31 heavy (non-hydrogen) atoms. The van der Waals surface area contributed by atoms with Crippen LogP contribution in [-0.4, -0.2) is 52.4 Å². The second kappa shape index (κ2) is 6.88. The Morgan fingerprint density at radius 3 is 2.26 bits per heavy atom. The summed E-state index contributed by atoms with van der Waals surface area (Å²) in [6, 6.07) is 0. The van der Waals surface area contributed by atoms with Crippen molar-refractivity contribution in [2.24, 2.45) is 34.0 Å². The second-order valence-electron chi connectivity index (χ2n) is 11.0. The van der Waals surface area contributed by atoms with Crippen LogP contribution in [-0.2, 0) is 23.9 Å². The fourth-order valence-electron chi connectivity index (χ4n) is 8.04. The molecule has 0 saturated heterocycles. The summed E-state index contributed by atoms with van der Waals surface area (Å²) in [6.07, 6.45) is -1.46. The van der Waals surface area contributed by atoms with E-state index in [-0.39, 0.29) is 29.1 Å². The van der Waals surface area contributed by atoms with Crippen molar-refractivity contribution in [1.29, 1.82) is 0 Å². The van der Waals surface area contributed by atoms with E-state index >= 15 is 0 Å². The van der Waals surface area contributed by atoms with Gasteiger partial charge in [0.15, 0.2) is 5.78 Å². The Labute approximate surface area is 183 Å². The highest BCUT2D eigenvalue weighted by atomic mass is 16.6. The normalized spacial score (nSPS) is 47.9. The third-order valence-electron chi connectivity index (χ3n) is 9.12. The summed E-state index contributed by atoms with van der Waals surface area (Å²) in [5.74, 6) is -2.60. The molecule has 0 aliphatic heterocycles. The van der Waals surface area contributed by atoms with Gasteiger partial charge in [0, 0.05) is 31.1 Å². The summed E-state index contributed by atoms with van der Waals surface area (Å²) >= 11 is 0. The Morgan fingerprint density at radius 1 is 1.06 bits per heavy atom. The lowest BCUT2D eigenvalue weighted by Gasteiger charge is -2.67. The van der Waals surface area contributed by atoms with Crippen molar-refractivity contribution < 1.29 is 34.1 Å². The minimum Gasteiger partial charge on any atom is -0.462 e. The summed E-state index contributed by atoms with van der Waals surface area (Å²) in [4.78, 5) is 37.7. The molecule has 0 aromatic carbocycles. The van der Waals surface area contributed by atoms with E-state index in [1.54, 1.807) is 0 Å². The molecule has 4 aliphatic carbocycles. The highest BCUT2D eigenvalue weighted by molar-refractivity contribution is 6.04. The van der Waals surface area contributed by atoms with Crippen molar-refractivity contribution in [1.82, 2.24) is 0 Å². The summed E-state index contributed by atoms with van der Waals surface area (Å²) in [6.45, 7) is 12.9. The van der Waals surface area contributed by atoms with E-state index in [0.29, 0.717) is 12.8 Å². The lowest BCUT2D eigenvalue weighted by molar-refractivity contribution is -0.279. The average Bonchev–Trinajstić information content (AvgIpc) is 2.76. The summed E-state index contributed by atoms with van der Waals surface area (Å²) < 4.78 is 11.6. The maximum atomic E-state index is 13.6. The fourth-order valence-corrected chi connectivity index (χ4v) is 8.04. The Balaban J connectivity index is 1.97. The molecule has 1 spiro atoms. The SMILES string of the molecule is C=C1C(=O)[C@@]23[C@H](O)C[C@@H]4C(C)(C)CC[C@@H](OC(C)=O)[C@@]4(C)[C@@H]2[C@H](OC(C)=O)C[C@@H]1[C@@H]3O. The standard InChI is InChI=1S/C24H34O7/c1-11-14-9-15(30-12(2)25)19-23(6)16(10-17(27)24(19,20(11)28)21(14)29)22(4,5)8-7-18(23)31-13(3)26/h14-19,21,27,29H,1,7-10H2,2-6H3/t14-,15+,16+,17+,18+,19-,21-,23-,24+/m0/s1. The summed E-state index contributed by atoms with van der Waals surface area (Å²) in [5.41, 5.74) is -2.21. The van der Waals surface area contributed by atoms with Crippen molar-refractivity contribution in [2.75, 3.05) is 0 Å². The molecule has 2 bridgehead atoms. The molecule has 0 aromatic heterocycles. The van der Waals surface area contributed by atoms with Gasteiger partial charge in [-0.2, -0.15) is 0 Å². The van der Waals surface area contributed by atoms with Crippen molar-refractivity contribution in [2.45, 2.75) is 84.7 Å². The molecule has 0 heterocycles. The van der Waals surface area contributed by atoms with Crippen LogP contribution in [0, 0.1) is 34.0 Å². The second-order valence-corrected chi connectivity index (χ2v) is 11.0. The van der Waals surface area contributed by atoms with Crippen LogP contribution >= 0.6 is 0 Å². The Bertz CT molecular complexity index is 847. The molecule has 0 radical (unpaired) electrons. The monoisotopic (exact) mass is 434 g/mol. The first kappa shape index (κ1) is 22.5. The number of rotatable bonds is 2. The van der Waals surface area contributed by atoms with Crippen molar-refractivity contribution in [3.05, 3.63) is 12.2 Å². The quantitative estimate of drug-likeness (QED) is 0.506. The number of Topliss-reactive ketones (excluding diaryl/α,β-unsaturated/α-hetero) is 1. The summed E-state index contributed by atoms with van der Waals surface area (Å²) in [5, 5.41) is 22.8. The number of carbonyl (C=O) groups is 3. The third kappa shape index (κ3) is 2.75. The fraction of sp³-hybridized carbons (Fsp3) is 0.792. The number of hydrogen-bond donors (Lipinski definition) is 2. The van der Waals surface area contributed by atoms with E-state index < -0.39 is 59.0 Å². The molecule has 0 aromatic rings. The van der Waals surface area contributed by atoms with Gasteiger partial charge in [-0.05, 0) is 42.6 Å². The Hall–Kier alpha value is -1.73. The molecule has 7 heteroatoms. The maximum Gasteiger partial charge on any atom is 0.302 e. The number of aliphatic hydroxyl groups is 2. The van der Waals surface area contributed by atoms with E-state index in [2.05, 4.69) is 20.4 Å². The molecular formula is C24H34O7. The zero-order valence-corrected chi connectivity index (χ0v) is 19.0. The van der Waals surface area contributed by atoms with Crippen LogP contribution in [0.15, 0.2) is 12.2 Å². The predicted octanol–water partition coefficient (Wildman–Crippen LogP) is 2.18. The number of aliphatic hydroxyl groups excluding tert-OH is 2. The number of ketones is 1. The highest BCUT2D eigenvalue weighted by Crippen LogP contribution is 2.71. The van der Waals surface area contributed by atoms with E-state index in [1.165, 1.54) is 13.8 Å². The lowest BCUT2D eigenvalue weighted by Crippen LogP contribution is -2.73. The lowest BCUT2D eigenvalue weighted by atomic mass is 9.38. The first-order valence-corrected chi connectivity index (χ1v) is 11.2. The smallest absolute Gasteiger partial charge is 0.302 e. The molecule has 4 fully saturated rings. The van der Waals surface area contributed by atoms with Crippen LogP contribution in [0.5, 0.6) is 0 Å². The van der Waals surface area contributed by atoms with Gasteiger partial charge >= 0.3 is 11.9 Å². The molecule has 0 amide bonds. The molecule has 7 nitrogen and oxygen atoms in total. The Kier molecular flexibility index (Phi) is 4.99. The maximum absolute atomic E-state index is 13.6. The van der Waals surface area contributed by atoms with Gasteiger partial charge < -0.3 is 19.7 Å². The van der Waals surface area contributed by atoms with Crippen molar-refractivity contribution in [3.63, 3.8) is 0 Å². The number of carbonyl (C=O) groups excluding carboxylic acids is 3. The van der Waals surface area contributed by atoms with Gasteiger partial charge in [0.1, 0.15) is 12.2 Å². The Morgan fingerprint density at radius 2 is 1.68 bits per heavy atom. The van der Waals surface area contributed by atoms with E-state index in [9.17, 15) is 24.6 Å². The molecule has 4 aliphatic rings. The van der Waals surface area contributed by atoms with Gasteiger partial charge in [0.05, 0.1) is 17.6 Å². The van der Waals surface area contributed by atoms with Gasteiger partial charge in [-0.15, -0.1) is 0 Å². The van der Waals surface area contributed by atoms with Crippen LogP contribution in [0.25, 0.3) is 0 Å². The highest BCUT2D eigenvalue weighted by Gasteiger charge is 2.78. The van der Waals surface area contributed by atoms with E-state index in [1.807, 2.05) is 6.92 Å². The molecule has 0 unspecified atom stereocenters. The van der Waals surface area contributed by atoms with Gasteiger partial charge in [-0.1, -0.05) is 27.4 Å². The molecule has 4 rings (SSSR count). The largest absolute Gasteiger partial charge is 0.462 e. The number of ether oxygens (including phenoxy) is 2. The number of hydrogen-bond acceptors (Lipinski definition) is 7. The topological polar surface area (TPSA) is 110 Å². The molecule has 2 N–H and O–H groups in total. The van der Waals surface area contributed by atoms with Gasteiger partial charge in [0.2, 0.25) is 0 Å². The van der Waals surface area contributed by atoms with Crippen LogP contribution in [0.1, 0.15) is 60.3 Å². The van der Waals surface area contributed by atoms with E-state index in [4.69, 9.17) is 9.47 Å². The van der Waals surface area contributed by atoms with Gasteiger partial charge in [-0.3, -0.25) is 14.4 Å². The zero-order chi connectivity index (χ0) is 23.1. The minimum absolute atomic E-state index is 0.104. The van der Waals surface area contributed by atoms with Crippen LogP contribution in [0.3, 0.4) is 0 Å². The first-order valence-electron chi connectivity index (χ1n) is 11.2. The molecule has 4 saturated carbocycles. The number of esters is 2. The molecular weight excluding hydrogens is 400 g/mol. The minimum atomic E-state index is -1.52. The predicted molar refractivity (Wildman–Crippen MR) is 111 cm³/mol. The first-order chi connectivity index (χ1) is 14.3. The average molecular weight is 435 g/mol. The van der Waals surface area contributed by atoms with Crippen molar-refractivity contribution >= 4 is 17.7 Å². The van der Waals surface area contributed by atoms with Crippen LogP contribution in [0.4, 0.5) is 0 Å². The zero-order valence-electron chi connectivity index (χ0n) is 19.0. The van der Waals surface area contributed by atoms with Crippen LogP contribution < -0.4 is 0 Å². The van der Waals surface area contributed by atoms with Gasteiger partial charge in [0.25, 0.3) is 0 Å². The summed E-state index contributed by atoms with van der Waals surface area (Å²) in [7, 11) is 0. The third-order valence-corrected chi connectivity index (χ3v) is 9.12. The van der Waals surface area contributed by atoms with E-state index in [0.717, 1.165) is 6.42 Å². The van der Waals surface area contributed by atoms with Crippen LogP contribution in [0.2, 0.25) is 0 Å². The van der Waals surface area contributed by atoms with Crippen molar-refractivity contribution in [3.8, 4) is 0 Å². The number of fused-ring (bicyclic) bond motifs is 3. The van der Waals surface area contributed by atoms with Gasteiger partial charge in [-0.25, -0.2) is 0 Å².